The van der Waals surface area contributed by atoms with Gasteiger partial charge in [-0.05, 0) is 5.56 Å². The molecule has 0 aliphatic rings. The second kappa shape index (κ2) is 6.56. The highest BCUT2D eigenvalue weighted by atomic mass is 19.4. The fourth-order valence-electron chi connectivity index (χ4n) is 1.74. The third-order valence-electron chi connectivity index (χ3n) is 2.84. The van der Waals surface area contributed by atoms with E-state index in [1.54, 1.807) is 30.3 Å². The number of likely N-dealkylation sites (N-methyl/N-ethyl adjacent to an activating group) is 1. The number of carbonyl (C=O) groups excluding carboxylic acids is 1. The molecule has 1 aromatic rings. The summed E-state index contributed by atoms with van der Waals surface area (Å²) >= 11 is 0. The maximum Gasteiger partial charge on any atom is 0.390 e. The lowest BCUT2D eigenvalue weighted by molar-refractivity contribution is -0.144. The molecule has 0 bridgehead atoms. The van der Waals surface area contributed by atoms with Crippen molar-refractivity contribution in [3.8, 4) is 0 Å². The van der Waals surface area contributed by atoms with Crippen LogP contribution in [0.2, 0.25) is 0 Å². The van der Waals surface area contributed by atoms with E-state index in [9.17, 15) is 18.0 Å². The van der Waals surface area contributed by atoms with Crippen LogP contribution in [0, 0.1) is 0 Å². The molecule has 0 spiro atoms. The molecule has 3 nitrogen and oxygen atoms in total. The molecule has 0 aromatic heterocycles. The van der Waals surface area contributed by atoms with Gasteiger partial charge in [-0.2, -0.15) is 13.2 Å². The van der Waals surface area contributed by atoms with Gasteiger partial charge in [0.1, 0.15) is 0 Å². The van der Waals surface area contributed by atoms with Crippen LogP contribution in [0.25, 0.3) is 0 Å². The fourth-order valence-corrected chi connectivity index (χ4v) is 1.74. The second-order valence-corrected chi connectivity index (χ2v) is 4.32. The van der Waals surface area contributed by atoms with Crippen LogP contribution in [0.3, 0.4) is 0 Å². The van der Waals surface area contributed by atoms with Gasteiger partial charge in [0, 0.05) is 20.1 Å². The molecule has 19 heavy (non-hydrogen) atoms. The number of alkyl halides is 3. The lowest BCUT2D eigenvalue weighted by atomic mass is 9.98. The van der Waals surface area contributed by atoms with Crippen LogP contribution in [0.15, 0.2) is 30.3 Å². The number of nitrogens with two attached hydrogens (primary N) is 1. The molecule has 0 saturated carbocycles. The van der Waals surface area contributed by atoms with Gasteiger partial charge in [0.25, 0.3) is 0 Å². The first-order valence-electron chi connectivity index (χ1n) is 5.92. The number of hydrogen-bond donors (Lipinski definition) is 1. The topological polar surface area (TPSA) is 46.3 Å². The SMILES string of the molecule is CN(CCC(F)(F)F)C(=O)C(CN)c1ccccc1. The van der Waals surface area contributed by atoms with Gasteiger partial charge >= 0.3 is 6.18 Å². The zero-order valence-corrected chi connectivity index (χ0v) is 10.7. The van der Waals surface area contributed by atoms with E-state index in [2.05, 4.69) is 0 Å². The molecule has 1 amide bonds. The molecule has 0 radical (unpaired) electrons. The summed E-state index contributed by atoms with van der Waals surface area (Å²) in [5.41, 5.74) is 6.27. The number of carbonyl (C=O) groups is 1. The van der Waals surface area contributed by atoms with Gasteiger partial charge in [-0.15, -0.1) is 0 Å². The Morgan fingerprint density at radius 2 is 1.89 bits per heavy atom. The Morgan fingerprint density at radius 3 is 2.37 bits per heavy atom. The average Bonchev–Trinajstić information content (AvgIpc) is 2.37. The van der Waals surface area contributed by atoms with Crippen LogP contribution < -0.4 is 5.73 Å². The van der Waals surface area contributed by atoms with E-state index in [1.165, 1.54) is 7.05 Å². The van der Waals surface area contributed by atoms with Gasteiger partial charge in [0.05, 0.1) is 12.3 Å². The molecule has 1 unspecified atom stereocenters. The second-order valence-electron chi connectivity index (χ2n) is 4.32. The van der Waals surface area contributed by atoms with Crippen LogP contribution in [0.4, 0.5) is 13.2 Å². The van der Waals surface area contributed by atoms with E-state index in [1.807, 2.05) is 0 Å². The maximum absolute atomic E-state index is 12.1. The highest BCUT2D eigenvalue weighted by molar-refractivity contribution is 5.83. The Hall–Kier alpha value is -1.56. The van der Waals surface area contributed by atoms with Crippen LogP contribution in [0.5, 0.6) is 0 Å². The third kappa shape index (κ3) is 4.90. The molecule has 0 aliphatic heterocycles. The van der Waals surface area contributed by atoms with Crippen molar-refractivity contribution in [2.45, 2.75) is 18.5 Å². The number of amides is 1. The van der Waals surface area contributed by atoms with Crippen molar-refractivity contribution in [3.05, 3.63) is 35.9 Å². The Labute approximate surface area is 110 Å². The van der Waals surface area contributed by atoms with Crippen molar-refractivity contribution >= 4 is 5.91 Å². The number of rotatable bonds is 5. The van der Waals surface area contributed by atoms with E-state index in [4.69, 9.17) is 5.73 Å². The molecular formula is C13H17F3N2O. The van der Waals surface area contributed by atoms with Gasteiger partial charge in [0.15, 0.2) is 0 Å². The Balaban J connectivity index is 2.69. The smallest absolute Gasteiger partial charge is 0.345 e. The van der Waals surface area contributed by atoms with Crippen LogP contribution >= 0.6 is 0 Å². The Bertz CT molecular complexity index is 406. The first-order chi connectivity index (χ1) is 8.85. The summed E-state index contributed by atoms with van der Waals surface area (Å²) < 4.78 is 36.4. The molecule has 0 saturated heterocycles. The quantitative estimate of drug-likeness (QED) is 0.894. The van der Waals surface area contributed by atoms with E-state index in [0.717, 1.165) is 4.90 Å². The van der Waals surface area contributed by atoms with Crippen molar-refractivity contribution in [1.29, 1.82) is 0 Å². The van der Waals surface area contributed by atoms with Crippen molar-refractivity contribution in [3.63, 3.8) is 0 Å². The largest absolute Gasteiger partial charge is 0.390 e. The molecule has 0 heterocycles. The molecule has 0 aliphatic carbocycles. The molecule has 1 atom stereocenters. The molecule has 2 N–H and O–H groups in total. The number of hydrogen-bond acceptors (Lipinski definition) is 2. The summed E-state index contributed by atoms with van der Waals surface area (Å²) in [7, 11) is 1.36. The van der Waals surface area contributed by atoms with E-state index < -0.39 is 24.4 Å². The summed E-state index contributed by atoms with van der Waals surface area (Å²) in [5.74, 6) is -0.989. The van der Waals surface area contributed by atoms with Gasteiger partial charge in [-0.1, -0.05) is 30.3 Å². The predicted molar refractivity (Wildman–Crippen MR) is 66.5 cm³/mol. The van der Waals surface area contributed by atoms with Crippen molar-refractivity contribution < 1.29 is 18.0 Å². The Kier molecular flexibility index (Phi) is 5.35. The molecular weight excluding hydrogens is 257 g/mol. The minimum atomic E-state index is -4.26. The molecule has 106 valence electrons. The van der Waals surface area contributed by atoms with E-state index in [-0.39, 0.29) is 13.1 Å². The van der Waals surface area contributed by atoms with Crippen molar-refractivity contribution in [2.75, 3.05) is 20.1 Å². The molecule has 1 aromatic carbocycles. The van der Waals surface area contributed by atoms with Crippen LogP contribution in [-0.4, -0.2) is 37.1 Å². The Morgan fingerprint density at radius 1 is 1.32 bits per heavy atom. The van der Waals surface area contributed by atoms with Gasteiger partial charge in [-0.3, -0.25) is 4.79 Å². The average molecular weight is 274 g/mol. The normalized spacial score (nSPS) is 13.1. The zero-order chi connectivity index (χ0) is 14.5. The standard InChI is InChI=1S/C13H17F3N2O/c1-18(8-7-13(14,15)16)12(19)11(9-17)10-5-3-2-4-6-10/h2-6,11H,7-9,17H2,1H3. The highest BCUT2D eigenvalue weighted by Gasteiger charge is 2.29. The van der Waals surface area contributed by atoms with E-state index in [0.29, 0.717) is 5.56 Å². The summed E-state index contributed by atoms with van der Waals surface area (Å²) in [6.07, 6.45) is -5.28. The summed E-state index contributed by atoms with van der Waals surface area (Å²) in [5, 5.41) is 0. The first kappa shape index (κ1) is 15.5. The summed E-state index contributed by atoms with van der Waals surface area (Å²) in [6.45, 7) is -0.287. The molecule has 6 heteroatoms. The maximum atomic E-state index is 12.1. The number of halogens is 3. The van der Waals surface area contributed by atoms with Gasteiger partial charge < -0.3 is 10.6 Å². The van der Waals surface area contributed by atoms with Gasteiger partial charge in [0.2, 0.25) is 5.91 Å². The fraction of sp³-hybridized carbons (Fsp3) is 0.462. The predicted octanol–water partition coefficient (Wildman–Crippen LogP) is 2.14. The molecule has 0 fully saturated rings. The van der Waals surface area contributed by atoms with Crippen molar-refractivity contribution in [1.82, 2.24) is 4.90 Å². The summed E-state index contributed by atoms with van der Waals surface area (Å²) in [4.78, 5) is 13.2. The minimum Gasteiger partial charge on any atom is -0.345 e. The number of benzene rings is 1. The lowest BCUT2D eigenvalue weighted by Gasteiger charge is -2.23. The third-order valence-corrected chi connectivity index (χ3v) is 2.84. The van der Waals surface area contributed by atoms with Crippen LogP contribution in [0.1, 0.15) is 17.9 Å². The van der Waals surface area contributed by atoms with Crippen LogP contribution in [-0.2, 0) is 4.79 Å². The number of nitrogens with zero attached hydrogens (tertiary/aromatic N) is 1. The molecule has 1 rings (SSSR count). The lowest BCUT2D eigenvalue weighted by Crippen LogP contribution is -2.37. The highest BCUT2D eigenvalue weighted by Crippen LogP contribution is 2.21. The first-order valence-corrected chi connectivity index (χ1v) is 5.92. The minimum absolute atomic E-state index is 0.0687. The van der Waals surface area contributed by atoms with Gasteiger partial charge in [-0.25, -0.2) is 0 Å². The zero-order valence-electron chi connectivity index (χ0n) is 10.7. The monoisotopic (exact) mass is 274 g/mol. The van der Waals surface area contributed by atoms with Crippen molar-refractivity contribution in [2.24, 2.45) is 5.73 Å². The van der Waals surface area contributed by atoms with E-state index >= 15 is 0 Å². The summed E-state index contributed by atoms with van der Waals surface area (Å²) in [6, 6.07) is 8.82.